The van der Waals surface area contributed by atoms with E-state index in [0.717, 1.165) is 6.42 Å². The summed E-state index contributed by atoms with van der Waals surface area (Å²) in [4.78, 5) is 22.1. The molecule has 2 heteroatoms. The first-order valence-electron chi connectivity index (χ1n) is 4.36. The molecule has 0 amide bonds. The van der Waals surface area contributed by atoms with Crippen LogP contribution in [0.1, 0.15) is 40.0 Å². The lowest BCUT2D eigenvalue weighted by Crippen LogP contribution is -2.00. The molecule has 0 unspecified atom stereocenters. The van der Waals surface area contributed by atoms with Crippen LogP contribution in [0.25, 0.3) is 0 Å². The molecule has 0 heterocycles. The van der Waals surface area contributed by atoms with E-state index in [2.05, 4.69) is 0 Å². The van der Waals surface area contributed by atoms with E-state index in [0.29, 0.717) is 18.4 Å². The molecule has 0 saturated carbocycles. The summed E-state index contributed by atoms with van der Waals surface area (Å²) in [6.07, 6.45) is 3.30. The fourth-order valence-electron chi connectivity index (χ4n) is 0.919. The van der Waals surface area contributed by atoms with Gasteiger partial charge in [-0.3, -0.25) is 9.59 Å². The van der Waals surface area contributed by atoms with Gasteiger partial charge in [0.15, 0.2) is 11.6 Å². The smallest absolute Gasteiger partial charge is 0.158 e. The lowest BCUT2D eigenvalue weighted by molar-refractivity contribution is -0.117. The first kappa shape index (κ1) is 11.1. The van der Waals surface area contributed by atoms with Gasteiger partial charge in [0.2, 0.25) is 0 Å². The molecule has 0 aliphatic heterocycles. The zero-order valence-electron chi connectivity index (χ0n) is 8.02. The van der Waals surface area contributed by atoms with Gasteiger partial charge in [0.25, 0.3) is 0 Å². The summed E-state index contributed by atoms with van der Waals surface area (Å²) in [6.45, 7) is 5.44. The summed E-state index contributed by atoms with van der Waals surface area (Å²) in [5.41, 5.74) is 0.580. The van der Waals surface area contributed by atoms with Crippen LogP contribution in [-0.4, -0.2) is 11.6 Å². The van der Waals surface area contributed by atoms with Crippen LogP contribution in [0.5, 0.6) is 0 Å². The van der Waals surface area contributed by atoms with E-state index in [1.54, 1.807) is 13.8 Å². The van der Waals surface area contributed by atoms with Crippen LogP contribution in [0.3, 0.4) is 0 Å². The minimum absolute atomic E-state index is 0.0526. The molecule has 0 saturated heterocycles. The van der Waals surface area contributed by atoms with Gasteiger partial charge in [-0.1, -0.05) is 13.8 Å². The highest BCUT2D eigenvalue weighted by molar-refractivity contribution is 6.02. The van der Waals surface area contributed by atoms with E-state index in [1.165, 1.54) is 6.08 Å². The van der Waals surface area contributed by atoms with Crippen molar-refractivity contribution in [2.24, 2.45) is 0 Å². The SMILES string of the molecule is CCCC(=O)C=C(C)C(=O)CC. The largest absolute Gasteiger partial charge is 0.295 e. The molecule has 0 radical (unpaired) electrons. The van der Waals surface area contributed by atoms with Gasteiger partial charge >= 0.3 is 0 Å². The Hall–Kier alpha value is -0.920. The monoisotopic (exact) mass is 168 g/mol. The number of Topliss-reactive ketones (excluding diaryl/α,β-unsaturated/α-hetero) is 1. The lowest BCUT2D eigenvalue weighted by Gasteiger charge is -1.95. The molecule has 68 valence electrons. The Balaban J connectivity index is 4.15. The van der Waals surface area contributed by atoms with Crippen molar-refractivity contribution in [3.8, 4) is 0 Å². The maximum atomic E-state index is 11.0. The minimum Gasteiger partial charge on any atom is -0.295 e. The van der Waals surface area contributed by atoms with Crippen molar-refractivity contribution in [3.63, 3.8) is 0 Å². The fraction of sp³-hybridized carbons (Fsp3) is 0.600. The molecule has 0 aromatic heterocycles. The van der Waals surface area contributed by atoms with Crippen LogP contribution >= 0.6 is 0 Å². The van der Waals surface area contributed by atoms with Crippen molar-refractivity contribution >= 4 is 11.6 Å². The van der Waals surface area contributed by atoms with E-state index in [9.17, 15) is 9.59 Å². The number of ketones is 2. The molecule has 0 aliphatic rings. The average molecular weight is 168 g/mol. The first-order valence-corrected chi connectivity index (χ1v) is 4.36. The van der Waals surface area contributed by atoms with Gasteiger partial charge in [0, 0.05) is 12.8 Å². The Morgan fingerprint density at radius 2 is 1.83 bits per heavy atom. The highest BCUT2D eigenvalue weighted by Gasteiger charge is 2.03. The third-order valence-electron chi connectivity index (χ3n) is 1.63. The Morgan fingerprint density at radius 1 is 1.25 bits per heavy atom. The van der Waals surface area contributed by atoms with Crippen LogP contribution in [0.2, 0.25) is 0 Å². The maximum absolute atomic E-state index is 11.0. The molecule has 0 fully saturated rings. The Morgan fingerprint density at radius 3 is 2.25 bits per heavy atom. The third-order valence-corrected chi connectivity index (χ3v) is 1.63. The molecule has 0 rings (SSSR count). The second-order valence-electron chi connectivity index (χ2n) is 2.82. The van der Waals surface area contributed by atoms with Gasteiger partial charge in [-0.05, 0) is 25.0 Å². The zero-order chi connectivity index (χ0) is 9.56. The van der Waals surface area contributed by atoms with Gasteiger partial charge in [0.05, 0.1) is 0 Å². The first-order chi connectivity index (χ1) is 5.61. The quantitative estimate of drug-likeness (QED) is 0.590. The topological polar surface area (TPSA) is 34.1 Å². The van der Waals surface area contributed by atoms with Crippen molar-refractivity contribution in [2.75, 3.05) is 0 Å². The third kappa shape index (κ3) is 4.06. The molecule has 12 heavy (non-hydrogen) atoms. The molecule has 0 atom stereocenters. The summed E-state index contributed by atoms with van der Waals surface area (Å²) in [6, 6.07) is 0. The molecular formula is C10H16O2. The summed E-state index contributed by atoms with van der Waals surface area (Å²) in [5, 5.41) is 0. The van der Waals surface area contributed by atoms with E-state index in [-0.39, 0.29) is 11.6 Å². The average Bonchev–Trinajstić information content (AvgIpc) is 2.03. The van der Waals surface area contributed by atoms with Gasteiger partial charge in [-0.15, -0.1) is 0 Å². The predicted molar refractivity (Wildman–Crippen MR) is 49.0 cm³/mol. The normalized spacial score (nSPS) is 11.4. The number of carbonyl (C=O) groups is 2. The second kappa shape index (κ2) is 5.70. The van der Waals surface area contributed by atoms with Crippen LogP contribution < -0.4 is 0 Å². The molecule has 0 aliphatic carbocycles. The Bertz CT molecular complexity index is 202. The molecule has 0 N–H and O–H groups in total. The van der Waals surface area contributed by atoms with Crippen molar-refractivity contribution in [2.45, 2.75) is 40.0 Å². The van der Waals surface area contributed by atoms with Gasteiger partial charge in [-0.25, -0.2) is 0 Å². The Labute approximate surface area is 73.7 Å². The highest BCUT2D eigenvalue weighted by atomic mass is 16.1. The lowest BCUT2D eigenvalue weighted by atomic mass is 10.1. The van der Waals surface area contributed by atoms with E-state index >= 15 is 0 Å². The van der Waals surface area contributed by atoms with Gasteiger partial charge < -0.3 is 0 Å². The van der Waals surface area contributed by atoms with Crippen LogP contribution in [0.4, 0.5) is 0 Å². The van der Waals surface area contributed by atoms with Gasteiger partial charge in [0.1, 0.15) is 0 Å². The number of hydrogen-bond donors (Lipinski definition) is 0. The van der Waals surface area contributed by atoms with E-state index < -0.39 is 0 Å². The van der Waals surface area contributed by atoms with Crippen molar-refractivity contribution in [1.82, 2.24) is 0 Å². The number of carbonyl (C=O) groups excluding carboxylic acids is 2. The maximum Gasteiger partial charge on any atom is 0.158 e. The minimum atomic E-state index is 0.0526. The molecular weight excluding hydrogens is 152 g/mol. The summed E-state index contributed by atoms with van der Waals surface area (Å²) < 4.78 is 0. The molecule has 0 bridgehead atoms. The number of rotatable bonds is 5. The molecule has 0 aromatic rings. The Kier molecular flexibility index (Phi) is 5.26. The van der Waals surface area contributed by atoms with E-state index in [1.807, 2.05) is 6.92 Å². The van der Waals surface area contributed by atoms with Crippen LogP contribution in [-0.2, 0) is 9.59 Å². The second-order valence-corrected chi connectivity index (χ2v) is 2.82. The van der Waals surface area contributed by atoms with Gasteiger partial charge in [-0.2, -0.15) is 0 Å². The summed E-state index contributed by atoms with van der Waals surface area (Å²) in [5.74, 6) is 0.108. The molecule has 2 nitrogen and oxygen atoms in total. The van der Waals surface area contributed by atoms with Crippen molar-refractivity contribution in [3.05, 3.63) is 11.6 Å². The zero-order valence-corrected chi connectivity index (χ0v) is 8.02. The number of hydrogen-bond acceptors (Lipinski definition) is 2. The highest BCUT2D eigenvalue weighted by Crippen LogP contribution is 2.00. The van der Waals surface area contributed by atoms with Crippen LogP contribution in [0, 0.1) is 0 Å². The van der Waals surface area contributed by atoms with Crippen molar-refractivity contribution in [1.29, 1.82) is 0 Å². The fourth-order valence-corrected chi connectivity index (χ4v) is 0.919. The molecule has 0 aromatic carbocycles. The predicted octanol–water partition coefficient (Wildman–Crippen LogP) is 2.28. The summed E-state index contributed by atoms with van der Waals surface area (Å²) in [7, 11) is 0. The molecule has 0 spiro atoms. The van der Waals surface area contributed by atoms with Crippen LogP contribution in [0.15, 0.2) is 11.6 Å². The summed E-state index contributed by atoms with van der Waals surface area (Å²) >= 11 is 0. The standard InChI is InChI=1S/C10H16O2/c1-4-6-9(11)7-8(3)10(12)5-2/h7H,4-6H2,1-3H3. The van der Waals surface area contributed by atoms with E-state index in [4.69, 9.17) is 0 Å². The van der Waals surface area contributed by atoms with Crippen molar-refractivity contribution < 1.29 is 9.59 Å². The number of allylic oxidation sites excluding steroid dienone is 2.